The molecule has 0 saturated carbocycles. The number of anilines is 2. The molecule has 3 aliphatic rings. The second-order valence-corrected chi connectivity index (χ2v) is 9.96. The van der Waals surface area contributed by atoms with Gasteiger partial charge in [-0.3, -0.25) is 9.59 Å². The Labute approximate surface area is 204 Å². The number of urea groups is 1. The molecule has 1 spiro atoms. The van der Waals surface area contributed by atoms with Crippen LogP contribution in [0.1, 0.15) is 16.7 Å². The first-order valence-electron chi connectivity index (χ1n) is 10.4. The van der Waals surface area contributed by atoms with Crippen molar-refractivity contribution in [3.63, 3.8) is 0 Å². The number of carbonyl (C=O) groups is 3. The van der Waals surface area contributed by atoms with Crippen molar-refractivity contribution in [2.24, 2.45) is 0 Å². The van der Waals surface area contributed by atoms with Gasteiger partial charge < -0.3 is 5.32 Å². The number of imide groups is 1. The van der Waals surface area contributed by atoms with Gasteiger partial charge in [-0.25, -0.2) is 14.2 Å². The second kappa shape index (κ2) is 7.64. The molecule has 2 bridgehead atoms. The van der Waals surface area contributed by atoms with E-state index >= 15 is 0 Å². The zero-order chi connectivity index (χ0) is 23.7. The summed E-state index contributed by atoms with van der Waals surface area (Å²) in [7, 11) is 0. The lowest BCUT2D eigenvalue weighted by Crippen LogP contribution is -2.63. The summed E-state index contributed by atoms with van der Waals surface area (Å²) in [6.45, 7) is 4.74. The number of nitrogens with zero attached hydrogens (tertiary/aromatic N) is 4. The summed E-state index contributed by atoms with van der Waals surface area (Å²) in [6.07, 6.45) is 0. The molecule has 4 unspecified atom stereocenters. The summed E-state index contributed by atoms with van der Waals surface area (Å²) < 4.78 is 0.696. The van der Waals surface area contributed by atoms with Crippen molar-refractivity contribution in [2.75, 3.05) is 30.0 Å². The van der Waals surface area contributed by atoms with Gasteiger partial charge in [0.15, 0.2) is 12.1 Å². The molecule has 168 valence electrons. The summed E-state index contributed by atoms with van der Waals surface area (Å²) in [5.41, 5.74) is 2.73. The molecule has 4 amide bonds. The fraction of sp³-hybridized carbons (Fsp3) is 0.304. The van der Waals surface area contributed by atoms with E-state index in [1.807, 2.05) is 30.0 Å². The minimum absolute atomic E-state index is 0.214. The van der Waals surface area contributed by atoms with Gasteiger partial charge in [0.25, 0.3) is 11.8 Å². The topological polar surface area (TPSA) is 93.5 Å². The van der Waals surface area contributed by atoms with Crippen molar-refractivity contribution in [1.29, 1.82) is 5.26 Å². The molecule has 3 aliphatic heterocycles. The molecule has 3 saturated heterocycles. The van der Waals surface area contributed by atoms with E-state index in [2.05, 4.69) is 21.2 Å². The van der Waals surface area contributed by atoms with E-state index in [1.54, 1.807) is 19.1 Å². The first-order valence-corrected chi connectivity index (χ1v) is 11.6. The molecule has 4 atom stereocenters. The van der Waals surface area contributed by atoms with Crippen molar-refractivity contribution in [2.45, 2.75) is 25.9 Å². The maximum absolute atomic E-state index is 13.8. The predicted octanol–water partition coefficient (Wildman–Crippen LogP) is 3.54. The van der Waals surface area contributed by atoms with Gasteiger partial charge in [-0.1, -0.05) is 27.5 Å². The van der Waals surface area contributed by atoms with Crippen LogP contribution in [0.5, 0.6) is 0 Å². The monoisotopic (exact) mass is 528 g/mol. The predicted molar refractivity (Wildman–Crippen MR) is 126 cm³/mol. The summed E-state index contributed by atoms with van der Waals surface area (Å²) in [4.78, 5) is 43.7. The highest BCUT2D eigenvalue weighted by molar-refractivity contribution is 9.10. The minimum atomic E-state index is -0.705. The number of hydrogen-bond donors (Lipinski definition) is 1. The van der Waals surface area contributed by atoms with Crippen molar-refractivity contribution in [1.82, 2.24) is 4.90 Å². The molecule has 5 rings (SSSR count). The Morgan fingerprint density at radius 3 is 2.70 bits per heavy atom. The lowest BCUT2D eigenvalue weighted by atomic mass is 10.1. The van der Waals surface area contributed by atoms with E-state index in [0.717, 1.165) is 14.9 Å². The molecule has 0 aliphatic carbocycles. The van der Waals surface area contributed by atoms with Crippen LogP contribution >= 0.6 is 27.5 Å². The van der Waals surface area contributed by atoms with Crippen LogP contribution in [0.3, 0.4) is 0 Å². The van der Waals surface area contributed by atoms with Crippen molar-refractivity contribution in [3.05, 3.63) is 56.5 Å². The number of nitriles is 1. The molecule has 2 aromatic rings. The van der Waals surface area contributed by atoms with Crippen LogP contribution in [0, 0.1) is 25.2 Å². The number of rotatable bonds is 3. The summed E-state index contributed by atoms with van der Waals surface area (Å²) in [5, 5.41) is 12.4. The standard InChI is InChI=1S/C23H19BrClN5O3/c1-12-7-15(4-5-16(12)24)27-21(31)18-9-28-10-19-22(32)29(23(33)30(18,19)11-28)17-6-3-14(8-26)20(25)13(17)2/h3-7,18-19H,9-11H2,1-2H3/p+1. The van der Waals surface area contributed by atoms with Gasteiger partial charge in [-0.2, -0.15) is 10.2 Å². The number of aryl methyl sites for hydroxylation is 1. The van der Waals surface area contributed by atoms with Gasteiger partial charge in [0, 0.05) is 10.2 Å². The Hall–Kier alpha value is -2.77. The minimum Gasteiger partial charge on any atom is -0.321 e. The maximum Gasteiger partial charge on any atom is 0.433 e. The van der Waals surface area contributed by atoms with Gasteiger partial charge in [-0.05, 0) is 55.3 Å². The van der Waals surface area contributed by atoms with E-state index < -0.39 is 18.1 Å². The van der Waals surface area contributed by atoms with E-state index in [9.17, 15) is 19.6 Å². The van der Waals surface area contributed by atoms with Gasteiger partial charge in [0.05, 0.1) is 29.4 Å². The van der Waals surface area contributed by atoms with Crippen molar-refractivity contribution < 1.29 is 18.9 Å². The summed E-state index contributed by atoms with van der Waals surface area (Å²) in [5.74, 6) is -0.634. The maximum atomic E-state index is 13.8. The summed E-state index contributed by atoms with van der Waals surface area (Å²) in [6, 6.07) is 8.80. The van der Waals surface area contributed by atoms with Gasteiger partial charge in [0.1, 0.15) is 12.7 Å². The quantitative estimate of drug-likeness (QED) is 0.485. The van der Waals surface area contributed by atoms with E-state index in [4.69, 9.17) is 11.6 Å². The Kier molecular flexibility index (Phi) is 5.10. The Morgan fingerprint density at radius 2 is 2.00 bits per heavy atom. The Morgan fingerprint density at radius 1 is 1.24 bits per heavy atom. The van der Waals surface area contributed by atoms with Crippen LogP contribution in [0.4, 0.5) is 16.2 Å². The first-order chi connectivity index (χ1) is 15.7. The molecule has 10 heteroatoms. The average molecular weight is 530 g/mol. The molecule has 3 heterocycles. The number of carbonyl (C=O) groups excluding carboxylic acids is 3. The highest BCUT2D eigenvalue weighted by Gasteiger charge is 2.73. The van der Waals surface area contributed by atoms with E-state index in [0.29, 0.717) is 36.7 Å². The largest absolute Gasteiger partial charge is 0.433 e. The normalized spacial score (nSPS) is 27.6. The van der Waals surface area contributed by atoms with Crippen LogP contribution in [-0.2, 0) is 9.59 Å². The Bertz CT molecular complexity index is 1290. The van der Waals surface area contributed by atoms with Gasteiger partial charge >= 0.3 is 6.03 Å². The Balaban J connectivity index is 1.50. The van der Waals surface area contributed by atoms with Gasteiger partial charge in [-0.15, -0.1) is 0 Å². The van der Waals surface area contributed by atoms with Crippen LogP contribution in [0.25, 0.3) is 0 Å². The molecule has 0 radical (unpaired) electrons. The molecular weight excluding hydrogens is 510 g/mol. The highest BCUT2D eigenvalue weighted by atomic mass is 79.9. The molecule has 33 heavy (non-hydrogen) atoms. The van der Waals surface area contributed by atoms with Crippen molar-refractivity contribution >= 4 is 56.8 Å². The van der Waals surface area contributed by atoms with Crippen LogP contribution in [-0.4, -0.2) is 59.1 Å². The number of hydrogen-bond acceptors (Lipinski definition) is 5. The molecule has 1 N–H and O–H groups in total. The number of nitrogens with one attached hydrogen (secondary N) is 1. The number of fused-ring (bicyclic) bond motifs is 1. The zero-order valence-electron chi connectivity index (χ0n) is 17.9. The first kappa shape index (κ1) is 22.0. The fourth-order valence-corrected chi connectivity index (χ4v) is 5.66. The smallest absolute Gasteiger partial charge is 0.321 e. The van der Waals surface area contributed by atoms with E-state index in [-0.39, 0.29) is 26.9 Å². The van der Waals surface area contributed by atoms with Crippen molar-refractivity contribution in [3.8, 4) is 6.07 Å². The number of benzene rings is 2. The number of quaternary nitrogens is 1. The molecule has 2 aromatic carbocycles. The molecular formula is C23H20BrClN5O3+. The lowest BCUT2D eigenvalue weighted by Gasteiger charge is -2.32. The fourth-order valence-electron chi connectivity index (χ4n) is 5.21. The summed E-state index contributed by atoms with van der Waals surface area (Å²) >= 11 is 9.76. The van der Waals surface area contributed by atoms with Crippen LogP contribution in [0.15, 0.2) is 34.8 Å². The molecule has 0 aromatic heterocycles. The average Bonchev–Trinajstić information content (AvgIpc) is 3.42. The number of halogens is 2. The van der Waals surface area contributed by atoms with Crippen LogP contribution < -0.4 is 10.2 Å². The van der Waals surface area contributed by atoms with E-state index in [1.165, 1.54) is 6.07 Å². The van der Waals surface area contributed by atoms with Gasteiger partial charge in [0.2, 0.25) is 0 Å². The molecule has 8 nitrogen and oxygen atoms in total. The third-order valence-electron chi connectivity index (χ3n) is 6.91. The zero-order valence-corrected chi connectivity index (χ0v) is 20.3. The highest BCUT2D eigenvalue weighted by Crippen LogP contribution is 2.45. The lowest BCUT2D eigenvalue weighted by molar-refractivity contribution is -0.852. The SMILES string of the molecule is Cc1cc(NC(=O)C2CN3CC4C(=O)N(c5ccc(C#N)c(Cl)c5C)C(=O)[N+]24C3)ccc1Br. The number of piperazine rings is 1. The third kappa shape index (κ3) is 3.05. The second-order valence-electron chi connectivity index (χ2n) is 8.73. The molecule has 3 fully saturated rings. The number of amides is 4. The third-order valence-corrected chi connectivity index (χ3v) is 8.29. The van der Waals surface area contributed by atoms with Crippen LogP contribution in [0.2, 0.25) is 5.02 Å².